The second kappa shape index (κ2) is 6.22. The Kier molecular flexibility index (Phi) is 4.92. The second-order valence-corrected chi connectivity index (χ2v) is 4.70. The third kappa shape index (κ3) is 3.71. The number of nitrogens with two attached hydrogens (primary N) is 1. The third-order valence-corrected chi connectivity index (χ3v) is 2.93. The van der Waals surface area contributed by atoms with Gasteiger partial charge in [0.05, 0.1) is 12.1 Å². The van der Waals surface area contributed by atoms with Gasteiger partial charge in [0.1, 0.15) is 0 Å². The zero-order valence-corrected chi connectivity index (χ0v) is 11.9. The maximum absolute atomic E-state index is 12.4. The van der Waals surface area contributed by atoms with Crippen LogP contribution in [0.25, 0.3) is 0 Å². The fraction of sp³-hybridized carbons (Fsp3) is 0.429. The van der Waals surface area contributed by atoms with Crippen molar-refractivity contribution in [2.75, 3.05) is 32.9 Å². The Balaban J connectivity index is 2.95. The number of aryl methyl sites for hydroxylation is 1. The first-order valence-corrected chi connectivity index (χ1v) is 6.22. The molecule has 0 aliphatic heterocycles. The lowest BCUT2D eigenvalue weighted by atomic mass is 10.1. The van der Waals surface area contributed by atoms with Gasteiger partial charge in [-0.25, -0.2) is 0 Å². The van der Waals surface area contributed by atoms with Crippen molar-refractivity contribution in [3.8, 4) is 0 Å². The van der Waals surface area contributed by atoms with Gasteiger partial charge < -0.3 is 15.5 Å². The van der Waals surface area contributed by atoms with Crippen molar-refractivity contribution in [3.63, 3.8) is 0 Å². The first kappa shape index (κ1) is 15.0. The van der Waals surface area contributed by atoms with E-state index < -0.39 is 0 Å². The Bertz CT molecular complexity index is 484. The number of nitrogen functional groups attached to an aromatic ring is 1. The highest BCUT2D eigenvalue weighted by Gasteiger charge is 2.20. The molecule has 2 N–H and O–H groups in total. The van der Waals surface area contributed by atoms with Crippen LogP contribution in [0.2, 0.25) is 0 Å². The summed E-state index contributed by atoms with van der Waals surface area (Å²) in [4.78, 5) is 27.0. The first-order chi connectivity index (χ1) is 8.86. The molecule has 0 aliphatic rings. The third-order valence-electron chi connectivity index (χ3n) is 2.93. The Hall–Kier alpha value is -2.04. The molecule has 19 heavy (non-hydrogen) atoms. The molecule has 0 bridgehead atoms. The predicted octanol–water partition coefficient (Wildman–Crippen LogP) is 1.13. The smallest absolute Gasteiger partial charge is 0.256 e. The molecule has 0 aromatic heterocycles. The van der Waals surface area contributed by atoms with Gasteiger partial charge in [-0.3, -0.25) is 9.59 Å². The van der Waals surface area contributed by atoms with Crippen LogP contribution in [0.1, 0.15) is 22.8 Å². The number of carbonyl (C=O) groups excluding carboxylic acids is 2. The Morgan fingerprint density at radius 1 is 1.26 bits per heavy atom. The van der Waals surface area contributed by atoms with E-state index in [1.54, 1.807) is 26.2 Å². The van der Waals surface area contributed by atoms with Crippen LogP contribution in [-0.4, -0.2) is 48.8 Å². The molecule has 0 atom stereocenters. The molecule has 5 heteroatoms. The van der Waals surface area contributed by atoms with E-state index in [9.17, 15) is 9.59 Å². The Labute approximate surface area is 114 Å². The van der Waals surface area contributed by atoms with Gasteiger partial charge in [-0.05, 0) is 26.0 Å². The Morgan fingerprint density at radius 2 is 1.89 bits per heavy atom. The van der Waals surface area contributed by atoms with Crippen molar-refractivity contribution in [1.82, 2.24) is 9.80 Å². The highest BCUT2D eigenvalue weighted by Crippen LogP contribution is 2.16. The molecule has 0 saturated heterocycles. The number of anilines is 1. The summed E-state index contributed by atoms with van der Waals surface area (Å²) < 4.78 is 0. The van der Waals surface area contributed by atoms with Crippen molar-refractivity contribution in [1.29, 1.82) is 0 Å². The van der Waals surface area contributed by atoms with Crippen molar-refractivity contribution >= 4 is 17.5 Å². The number of nitrogens with zero attached hydrogens (tertiary/aromatic N) is 2. The minimum absolute atomic E-state index is 0.0652. The largest absolute Gasteiger partial charge is 0.398 e. The number of likely N-dealkylation sites (N-methyl/N-ethyl adjacent to an activating group) is 2. The summed E-state index contributed by atoms with van der Waals surface area (Å²) in [6.07, 6.45) is 0. The maximum Gasteiger partial charge on any atom is 0.256 e. The van der Waals surface area contributed by atoms with Crippen LogP contribution in [0.15, 0.2) is 18.2 Å². The van der Waals surface area contributed by atoms with Crippen LogP contribution in [0.3, 0.4) is 0 Å². The molecule has 0 heterocycles. The minimum Gasteiger partial charge on any atom is -0.398 e. The lowest BCUT2D eigenvalue weighted by Crippen LogP contribution is -2.40. The highest BCUT2D eigenvalue weighted by molar-refractivity contribution is 6.00. The zero-order chi connectivity index (χ0) is 14.6. The molecule has 0 radical (unpaired) electrons. The van der Waals surface area contributed by atoms with E-state index >= 15 is 0 Å². The van der Waals surface area contributed by atoms with Crippen LogP contribution >= 0.6 is 0 Å². The summed E-state index contributed by atoms with van der Waals surface area (Å²) in [5.74, 6) is -0.319. The molecular weight excluding hydrogens is 242 g/mol. The summed E-state index contributed by atoms with van der Waals surface area (Å²) >= 11 is 0. The molecule has 2 amide bonds. The normalized spacial score (nSPS) is 10.1. The number of carbonyl (C=O) groups is 2. The standard InChI is InChI=1S/C14H21N3O2/c1-5-17(9-13(18)16(3)4)14(19)11-8-10(2)6-7-12(11)15/h6-8H,5,9,15H2,1-4H3. The molecule has 104 valence electrons. The fourth-order valence-corrected chi connectivity index (χ4v) is 1.66. The second-order valence-electron chi connectivity index (χ2n) is 4.70. The molecule has 1 rings (SSSR count). The van der Waals surface area contributed by atoms with Crippen molar-refractivity contribution in [3.05, 3.63) is 29.3 Å². The number of benzene rings is 1. The SMILES string of the molecule is CCN(CC(=O)N(C)C)C(=O)c1cc(C)ccc1N. The lowest BCUT2D eigenvalue weighted by molar-refractivity contribution is -0.129. The van der Waals surface area contributed by atoms with Crippen molar-refractivity contribution in [2.24, 2.45) is 0 Å². The van der Waals surface area contributed by atoms with E-state index in [0.29, 0.717) is 17.8 Å². The summed E-state index contributed by atoms with van der Waals surface area (Å²) in [6, 6.07) is 5.32. The highest BCUT2D eigenvalue weighted by atomic mass is 16.2. The average Bonchev–Trinajstić information content (AvgIpc) is 2.37. The molecule has 0 fully saturated rings. The van der Waals surface area contributed by atoms with E-state index in [2.05, 4.69) is 0 Å². The van der Waals surface area contributed by atoms with Gasteiger partial charge in [-0.1, -0.05) is 11.6 Å². The zero-order valence-electron chi connectivity index (χ0n) is 11.9. The van der Waals surface area contributed by atoms with Gasteiger partial charge >= 0.3 is 0 Å². The van der Waals surface area contributed by atoms with E-state index in [-0.39, 0.29) is 18.4 Å². The number of hydrogen-bond donors (Lipinski definition) is 1. The number of hydrogen-bond acceptors (Lipinski definition) is 3. The maximum atomic E-state index is 12.4. The van der Waals surface area contributed by atoms with Crippen LogP contribution in [-0.2, 0) is 4.79 Å². The van der Waals surface area contributed by atoms with Gasteiger partial charge in [-0.15, -0.1) is 0 Å². The predicted molar refractivity (Wildman–Crippen MR) is 75.9 cm³/mol. The molecule has 0 saturated carbocycles. The number of rotatable bonds is 4. The van der Waals surface area contributed by atoms with E-state index in [4.69, 9.17) is 5.73 Å². The van der Waals surface area contributed by atoms with Gasteiger partial charge in [0.15, 0.2) is 0 Å². The monoisotopic (exact) mass is 263 g/mol. The summed E-state index contributed by atoms with van der Waals surface area (Å²) in [7, 11) is 3.34. The molecule has 0 aliphatic carbocycles. The quantitative estimate of drug-likeness (QED) is 0.828. The summed E-state index contributed by atoms with van der Waals surface area (Å²) in [5, 5.41) is 0. The summed E-state index contributed by atoms with van der Waals surface area (Å²) in [6.45, 7) is 4.27. The molecule has 1 aromatic carbocycles. The van der Waals surface area contributed by atoms with Crippen LogP contribution in [0, 0.1) is 6.92 Å². The molecule has 0 unspecified atom stereocenters. The molecule has 5 nitrogen and oxygen atoms in total. The van der Waals surface area contributed by atoms with Gasteiger partial charge in [0, 0.05) is 26.3 Å². The molecule has 1 aromatic rings. The lowest BCUT2D eigenvalue weighted by Gasteiger charge is -2.23. The van der Waals surface area contributed by atoms with Crippen molar-refractivity contribution in [2.45, 2.75) is 13.8 Å². The van der Waals surface area contributed by atoms with Gasteiger partial charge in [0.25, 0.3) is 5.91 Å². The molecular formula is C14H21N3O2. The number of amides is 2. The van der Waals surface area contributed by atoms with Crippen LogP contribution in [0.5, 0.6) is 0 Å². The average molecular weight is 263 g/mol. The van der Waals surface area contributed by atoms with E-state index in [0.717, 1.165) is 5.56 Å². The van der Waals surface area contributed by atoms with Crippen LogP contribution < -0.4 is 5.73 Å². The van der Waals surface area contributed by atoms with Gasteiger partial charge in [0.2, 0.25) is 5.91 Å². The van der Waals surface area contributed by atoms with Crippen molar-refractivity contribution < 1.29 is 9.59 Å². The Morgan fingerprint density at radius 3 is 2.42 bits per heavy atom. The molecule has 0 spiro atoms. The van der Waals surface area contributed by atoms with E-state index in [1.165, 1.54) is 9.80 Å². The van der Waals surface area contributed by atoms with E-state index in [1.807, 2.05) is 19.9 Å². The topological polar surface area (TPSA) is 66.6 Å². The fourth-order valence-electron chi connectivity index (χ4n) is 1.66. The van der Waals surface area contributed by atoms with Crippen LogP contribution in [0.4, 0.5) is 5.69 Å². The minimum atomic E-state index is -0.209. The first-order valence-electron chi connectivity index (χ1n) is 6.22. The summed E-state index contributed by atoms with van der Waals surface area (Å²) in [5.41, 5.74) is 7.68. The van der Waals surface area contributed by atoms with Gasteiger partial charge in [-0.2, -0.15) is 0 Å².